The summed E-state index contributed by atoms with van der Waals surface area (Å²) >= 11 is 0. The van der Waals surface area contributed by atoms with E-state index < -0.39 is 5.82 Å². The third-order valence-corrected chi connectivity index (χ3v) is 4.73. The average Bonchev–Trinajstić information content (AvgIpc) is 2.94. The van der Waals surface area contributed by atoms with E-state index in [4.69, 9.17) is 5.73 Å². The maximum Gasteiger partial charge on any atom is 0.254 e. The van der Waals surface area contributed by atoms with Gasteiger partial charge in [0, 0.05) is 11.6 Å². The van der Waals surface area contributed by atoms with Crippen molar-refractivity contribution in [1.29, 1.82) is 0 Å². The summed E-state index contributed by atoms with van der Waals surface area (Å²) < 4.78 is 15.5. The Kier molecular flexibility index (Phi) is 5.20. The third-order valence-electron chi connectivity index (χ3n) is 4.73. The van der Waals surface area contributed by atoms with Crippen molar-refractivity contribution < 1.29 is 4.39 Å². The molecule has 1 aliphatic carbocycles. The van der Waals surface area contributed by atoms with E-state index in [1.807, 2.05) is 13.8 Å². The molecule has 0 spiro atoms. The molecule has 0 atom stereocenters. The molecule has 3 rings (SSSR count). The molecule has 3 N–H and O–H groups in total. The molecule has 6 nitrogen and oxygen atoms in total. The van der Waals surface area contributed by atoms with Crippen LogP contribution in [0.25, 0.3) is 5.95 Å². The van der Waals surface area contributed by atoms with Crippen LogP contribution in [0.1, 0.15) is 70.1 Å². The number of anilines is 2. The van der Waals surface area contributed by atoms with Crippen LogP contribution in [0, 0.1) is 5.82 Å². The van der Waals surface area contributed by atoms with Crippen molar-refractivity contribution in [2.24, 2.45) is 0 Å². The zero-order valence-corrected chi connectivity index (χ0v) is 15.2. The number of aryl methyl sites for hydroxylation is 1. The Balaban J connectivity index is 2.01. The van der Waals surface area contributed by atoms with Crippen molar-refractivity contribution >= 4 is 11.6 Å². The Morgan fingerprint density at radius 2 is 2.04 bits per heavy atom. The van der Waals surface area contributed by atoms with Gasteiger partial charge >= 0.3 is 0 Å². The summed E-state index contributed by atoms with van der Waals surface area (Å²) in [7, 11) is 0. The van der Waals surface area contributed by atoms with E-state index in [0.717, 1.165) is 30.5 Å². The van der Waals surface area contributed by atoms with Gasteiger partial charge in [-0.15, -0.1) is 0 Å². The topological polar surface area (TPSA) is 81.7 Å². The van der Waals surface area contributed by atoms with Crippen molar-refractivity contribution in [1.82, 2.24) is 19.7 Å². The van der Waals surface area contributed by atoms with Crippen molar-refractivity contribution in [3.8, 4) is 5.95 Å². The van der Waals surface area contributed by atoms with Crippen LogP contribution in [-0.2, 0) is 6.42 Å². The lowest BCUT2D eigenvalue weighted by atomic mass is 9.83. The summed E-state index contributed by atoms with van der Waals surface area (Å²) in [5.74, 6) is 1.04. The highest BCUT2D eigenvalue weighted by Crippen LogP contribution is 2.38. The predicted octanol–water partition coefficient (Wildman–Crippen LogP) is 3.81. The molecule has 0 amide bonds. The van der Waals surface area contributed by atoms with Gasteiger partial charge in [0.25, 0.3) is 5.95 Å². The molecular formula is C18H27FN6. The highest BCUT2D eigenvalue weighted by atomic mass is 19.1. The van der Waals surface area contributed by atoms with Crippen LogP contribution >= 0.6 is 0 Å². The molecule has 2 aromatic rings. The Hall–Kier alpha value is -2.18. The lowest BCUT2D eigenvalue weighted by Gasteiger charge is -2.22. The van der Waals surface area contributed by atoms with Crippen LogP contribution in [0.15, 0.2) is 6.20 Å². The summed E-state index contributed by atoms with van der Waals surface area (Å²) in [6.45, 7) is 5.94. The zero-order valence-electron chi connectivity index (χ0n) is 15.2. The molecule has 0 radical (unpaired) electrons. The zero-order chi connectivity index (χ0) is 18.0. The van der Waals surface area contributed by atoms with Crippen LogP contribution in [0.3, 0.4) is 0 Å². The lowest BCUT2D eigenvalue weighted by molar-refractivity contribution is 0.442. The minimum absolute atomic E-state index is 0.0659. The SMILES string of the molecule is CCc1nn(-c2ncc(F)c(NC(C)C)n2)c(N)c1C1CCCCC1. The highest BCUT2D eigenvalue weighted by Gasteiger charge is 2.26. The molecule has 0 bridgehead atoms. The number of nitrogens with one attached hydrogen (secondary N) is 1. The summed E-state index contributed by atoms with van der Waals surface area (Å²) in [5.41, 5.74) is 8.57. The second-order valence-electron chi connectivity index (χ2n) is 7.01. The van der Waals surface area contributed by atoms with Gasteiger partial charge in [0.1, 0.15) is 5.82 Å². The minimum atomic E-state index is -0.480. The normalized spacial score (nSPS) is 15.7. The first-order valence-electron chi connectivity index (χ1n) is 9.18. The average molecular weight is 346 g/mol. The number of hydrogen-bond acceptors (Lipinski definition) is 5. The number of aromatic nitrogens is 4. The van der Waals surface area contributed by atoms with Crippen LogP contribution in [0.4, 0.5) is 16.0 Å². The summed E-state index contributed by atoms with van der Waals surface area (Å²) in [6.07, 6.45) is 8.02. The number of rotatable bonds is 5. The fourth-order valence-corrected chi connectivity index (χ4v) is 3.57. The highest BCUT2D eigenvalue weighted by molar-refractivity contribution is 5.50. The molecule has 1 aliphatic rings. The van der Waals surface area contributed by atoms with Crippen LogP contribution in [0.5, 0.6) is 0 Å². The number of nitrogens with zero attached hydrogens (tertiary/aromatic N) is 4. The molecule has 1 fully saturated rings. The molecule has 7 heteroatoms. The minimum Gasteiger partial charge on any atom is -0.383 e. The monoisotopic (exact) mass is 346 g/mol. The summed E-state index contributed by atoms with van der Waals surface area (Å²) in [4.78, 5) is 8.41. The van der Waals surface area contributed by atoms with Crippen LogP contribution in [0.2, 0.25) is 0 Å². The van der Waals surface area contributed by atoms with E-state index >= 15 is 0 Å². The van der Waals surface area contributed by atoms with Gasteiger partial charge in [-0.3, -0.25) is 0 Å². The quantitative estimate of drug-likeness (QED) is 0.860. The molecular weight excluding hydrogens is 319 g/mol. The molecule has 0 aromatic carbocycles. The Bertz CT molecular complexity index is 733. The van der Waals surface area contributed by atoms with E-state index in [2.05, 4.69) is 27.3 Å². The smallest absolute Gasteiger partial charge is 0.254 e. The van der Waals surface area contributed by atoms with Gasteiger partial charge < -0.3 is 11.1 Å². The van der Waals surface area contributed by atoms with Crippen molar-refractivity contribution in [2.45, 2.75) is 71.3 Å². The van der Waals surface area contributed by atoms with Crippen molar-refractivity contribution in [3.05, 3.63) is 23.3 Å². The van der Waals surface area contributed by atoms with Gasteiger partial charge in [-0.25, -0.2) is 9.37 Å². The van der Waals surface area contributed by atoms with E-state index in [1.54, 1.807) is 4.68 Å². The van der Waals surface area contributed by atoms with Crippen molar-refractivity contribution in [2.75, 3.05) is 11.1 Å². The standard InChI is InChI=1S/C18H27FN6/c1-4-14-15(12-8-6-5-7-9-12)16(20)25(24-14)18-21-10-13(19)17(23-18)22-11(2)3/h10-12H,4-9,20H2,1-3H3,(H,21,22,23). The largest absolute Gasteiger partial charge is 0.383 e. The Morgan fingerprint density at radius 1 is 1.32 bits per heavy atom. The second-order valence-corrected chi connectivity index (χ2v) is 7.01. The molecule has 0 aliphatic heterocycles. The first-order chi connectivity index (χ1) is 12.0. The Morgan fingerprint density at radius 3 is 2.68 bits per heavy atom. The van der Waals surface area contributed by atoms with E-state index in [9.17, 15) is 4.39 Å². The molecule has 0 saturated heterocycles. The fourth-order valence-electron chi connectivity index (χ4n) is 3.57. The van der Waals surface area contributed by atoms with Gasteiger partial charge in [0.05, 0.1) is 11.9 Å². The lowest BCUT2D eigenvalue weighted by Crippen LogP contribution is -2.15. The molecule has 1 saturated carbocycles. The molecule has 2 heterocycles. The van der Waals surface area contributed by atoms with Gasteiger partial charge in [-0.1, -0.05) is 26.2 Å². The first-order valence-corrected chi connectivity index (χ1v) is 9.18. The molecule has 25 heavy (non-hydrogen) atoms. The van der Waals surface area contributed by atoms with E-state index in [0.29, 0.717) is 17.7 Å². The van der Waals surface area contributed by atoms with Crippen LogP contribution in [-0.4, -0.2) is 25.8 Å². The van der Waals surface area contributed by atoms with Gasteiger partial charge in [0.2, 0.25) is 0 Å². The van der Waals surface area contributed by atoms with E-state index in [-0.39, 0.29) is 11.9 Å². The fraction of sp³-hybridized carbons (Fsp3) is 0.611. The number of nitrogens with two attached hydrogens (primary N) is 1. The molecule has 2 aromatic heterocycles. The second kappa shape index (κ2) is 7.37. The number of hydrogen-bond donors (Lipinski definition) is 2. The number of halogens is 1. The maximum absolute atomic E-state index is 13.9. The van der Waals surface area contributed by atoms with Crippen LogP contribution < -0.4 is 11.1 Å². The number of nitrogen functional groups attached to an aromatic ring is 1. The van der Waals surface area contributed by atoms with Crippen molar-refractivity contribution in [3.63, 3.8) is 0 Å². The third kappa shape index (κ3) is 3.60. The summed E-state index contributed by atoms with van der Waals surface area (Å²) in [6, 6.07) is 0.0659. The van der Waals surface area contributed by atoms with Gasteiger partial charge in [-0.05, 0) is 39.0 Å². The summed E-state index contributed by atoms with van der Waals surface area (Å²) in [5, 5.41) is 7.63. The molecule has 136 valence electrons. The Labute approximate surface area is 148 Å². The maximum atomic E-state index is 13.9. The first kappa shape index (κ1) is 17.6. The van der Waals surface area contributed by atoms with E-state index in [1.165, 1.54) is 25.5 Å². The predicted molar refractivity (Wildman–Crippen MR) is 97.5 cm³/mol. The molecule has 0 unspecified atom stereocenters. The van der Waals surface area contributed by atoms with Gasteiger partial charge in [0.15, 0.2) is 11.6 Å². The van der Waals surface area contributed by atoms with Gasteiger partial charge in [-0.2, -0.15) is 14.8 Å².